The van der Waals surface area contributed by atoms with Crippen molar-refractivity contribution in [2.75, 3.05) is 24.5 Å². The van der Waals surface area contributed by atoms with E-state index in [9.17, 15) is 22.8 Å². The van der Waals surface area contributed by atoms with Crippen LogP contribution < -0.4 is 15.8 Å². The Morgan fingerprint density at radius 1 is 1.34 bits per heavy atom. The van der Waals surface area contributed by atoms with Crippen molar-refractivity contribution in [1.29, 1.82) is 0 Å². The zero-order valence-electron chi connectivity index (χ0n) is 16.1. The summed E-state index contributed by atoms with van der Waals surface area (Å²) in [5.41, 5.74) is 1.63. The fraction of sp³-hybridized carbons (Fsp3) is 0.474. The highest BCUT2D eigenvalue weighted by Gasteiger charge is 2.31. The van der Waals surface area contributed by atoms with E-state index >= 15 is 0 Å². The predicted molar refractivity (Wildman–Crippen MR) is 102 cm³/mol. The van der Waals surface area contributed by atoms with Crippen molar-refractivity contribution < 1.29 is 18.0 Å². The van der Waals surface area contributed by atoms with Gasteiger partial charge in [0.25, 0.3) is 5.56 Å². The van der Waals surface area contributed by atoms with Crippen LogP contribution >= 0.6 is 0 Å². The van der Waals surface area contributed by atoms with Crippen LogP contribution in [0.25, 0.3) is 11.4 Å². The Morgan fingerprint density at radius 2 is 2.10 bits per heavy atom. The van der Waals surface area contributed by atoms with E-state index in [1.54, 1.807) is 32.2 Å². The van der Waals surface area contributed by atoms with E-state index < -0.39 is 24.5 Å². The van der Waals surface area contributed by atoms with E-state index in [0.717, 1.165) is 0 Å². The molecular formula is C19H22F3N5O2. The second-order valence-corrected chi connectivity index (χ2v) is 7.15. The number of aromatic amines is 1. The normalized spacial score (nSPS) is 17.3. The fourth-order valence-electron chi connectivity index (χ4n) is 3.23. The first-order valence-corrected chi connectivity index (χ1v) is 9.27. The minimum Gasteiger partial charge on any atom is -0.356 e. The number of rotatable bonds is 4. The van der Waals surface area contributed by atoms with Crippen LogP contribution in [0.15, 0.2) is 23.1 Å². The molecule has 156 valence electrons. The summed E-state index contributed by atoms with van der Waals surface area (Å²) in [6.07, 6.45) is -1.63. The topological polar surface area (TPSA) is 91.0 Å². The molecule has 0 saturated carbocycles. The molecule has 3 rings (SSSR count). The van der Waals surface area contributed by atoms with Crippen LogP contribution in [0.5, 0.6) is 0 Å². The molecular weight excluding hydrogens is 387 g/mol. The Labute approximate surface area is 165 Å². The predicted octanol–water partition coefficient (Wildman–Crippen LogP) is 2.34. The van der Waals surface area contributed by atoms with E-state index in [1.165, 1.54) is 0 Å². The van der Waals surface area contributed by atoms with Gasteiger partial charge in [-0.2, -0.15) is 13.2 Å². The number of pyridine rings is 1. The summed E-state index contributed by atoms with van der Waals surface area (Å²) in [6.45, 7) is 3.09. The number of amides is 1. The van der Waals surface area contributed by atoms with Crippen molar-refractivity contribution in [1.82, 2.24) is 20.3 Å². The zero-order chi connectivity index (χ0) is 21.2. The maximum Gasteiger partial charge on any atom is 0.405 e. The number of aromatic nitrogens is 3. The molecule has 0 aliphatic carbocycles. The van der Waals surface area contributed by atoms with Gasteiger partial charge in [-0.05, 0) is 38.8 Å². The van der Waals surface area contributed by atoms with Crippen molar-refractivity contribution in [3.63, 3.8) is 0 Å². The van der Waals surface area contributed by atoms with Gasteiger partial charge < -0.3 is 15.2 Å². The molecule has 0 aromatic carbocycles. The lowest BCUT2D eigenvalue weighted by Gasteiger charge is -2.33. The smallest absolute Gasteiger partial charge is 0.356 e. The van der Waals surface area contributed by atoms with Gasteiger partial charge >= 0.3 is 6.18 Å². The molecule has 2 aromatic heterocycles. The standard InChI is InChI=1S/C19H22F3N5O2/c1-11-12(2)25-16(26-17(11)28)13-5-6-15(23-8-13)27-7-3-4-14(9-27)18(29)24-10-19(20,21)22/h5-6,8,14H,3-4,7,9-10H2,1-2H3,(H,24,29)(H,25,26,28). The lowest BCUT2D eigenvalue weighted by atomic mass is 9.97. The monoisotopic (exact) mass is 409 g/mol. The summed E-state index contributed by atoms with van der Waals surface area (Å²) in [4.78, 5) is 37.3. The number of nitrogens with one attached hydrogen (secondary N) is 2. The molecule has 7 nitrogen and oxygen atoms in total. The Bertz CT molecular complexity index is 940. The number of nitrogens with zero attached hydrogens (tertiary/aromatic N) is 3. The SMILES string of the molecule is Cc1nc(-c2ccc(N3CCCC(C(=O)NCC(F)(F)F)C3)nc2)[nH]c(=O)c1C. The molecule has 3 heterocycles. The first-order valence-electron chi connectivity index (χ1n) is 9.27. The van der Waals surface area contributed by atoms with Crippen molar-refractivity contribution in [2.45, 2.75) is 32.9 Å². The van der Waals surface area contributed by atoms with Crippen molar-refractivity contribution in [3.8, 4) is 11.4 Å². The van der Waals surface area contributed by atoms with Gasteiger partial charge in [-0.25, -0.2) is 9.97 Å². The molecule has 1 aliphatic rings. The minimum atomic E-state index is -4.43. The van der Waals surface area contributed by atoms with E-state index in [4.69, 9.17) is 0 Å². The molecule has 1 saturated heterocycles. The van der Waals surface area contributed by atoms with Crippen LogP contribution in [0.1, 0.15) is 24.1 Å². The highest BCUT2D eigenvalue weighted by atomic mass is 19.4. The van der Waals surface area contributed by atoms with Gasteiger partial charge in [-0.3, -0.25) is 9.59 Å². The number of anilines is 1. The average molecular weight is 409 g/mol. The molecule has 2 N–H and O–H groups in total. The van der Waals surface area contributed by atoms with E-state index in [-0.39, 0.29) is 5.56 Å². The number of hydrogen-bond donors (Lipinski definition) is 2. The van der Waals surface area contributed by atoms with Gasteiger partial charge in [-0.1, -0.05) is 0 Å². The first kappa shape index (κ1) is 20.8. The van der Waals surface area contributed by atoms with E-state index in [2.05, 4.69) is 15.0 Å². The van der Waals surface area contributed by atoms with Crippen molar-refractivity contribution in [3.05, 3.63) is 39.9 Å². The molecule has 1 amide bonds. The number of halogens is 3. The van der Waals surface area contributed by atoms with Crippen LogP contribution in [0.3, 0.4) is 0 Å². The third-order valence-electron chi connectivity index (χ3n) is 5.00. The number of aryl methyl sites for hydroxylation is 1. The second kappa shape index (κ2) is 8.22. The van der Waals surface area contributed by atoms with Crippen LogP contribution in [0.2, 0.25) is 0 Å². The minimum absolute atomic E-state index is 0.208. The maximum atomic E-state index is 12.3. The largest absolute Gasteiger partial charge is 0.405 e. The van der Waals surface area contributed by atoms with E-state index in [0.29, 0.717) is 54.4 Å². The van der Waals surface area contributed by atoms with Crippen LogP contribution in [-0.2, 0) is 4.79 Å². The van der Waals surface area contributed by atoms with Crippen LogP contribution in [-0.4, -0.2) is 46.7 Å². The summed E-state index contributed by atoms with van der Waals surface area (Å²) in [5.74, 6) is -0.0839. The summed E-state index contributed by atoms with van der Waals surface area (Å²) in [7, 11) is 0. The molecule has 1 aliphatic heterocycles. The summed E-state index contributed by atoms with van der Waals surface area (Å²) < 4.78 is 36.9. The molecule has 29 heavy (non-hydrogen) atoms. The fourth-order valence-corrected chi connectivity index (χ4v) is 3.23. The Morgan fingerprint density at radius 3 is 2.72 bits per heavy atom. The lowest BCUT2D eigenvalue weighted by molar-refractivity contribution is -0.140. The highest BCUT2D eigenvalue weighted by molar-refractivity contribution is 5.79. The van der Waals surface area contributed by atoms with E-state index in [1.807, 2.05) is 10.2 Å². The molecule has 0 radical (unpaired) electrons. The lowest BCUT2D eigenvalue weighted by Crippen LogP contribution is -2.45. The summed E-state index contributed by atoms with van der Waals surface area (Å²) in [5, 5.41) is 1.96. The maximum absolute atomic E-state index is 12.3. The molecule has 0 spiro atoms. The second-order valence-electron chi connectivity index (χ2n) is 7.15. The molecule has 1 unspecified atom stereocenters. The number of carbonyl (C=O) groups excluding carboxylic acids is 1. The third kappa shape index (κ3) is 5.12. The van der Waals surface area contributed by atoms with Gasteiger partial charge in [-0.15, -0.1) is 0 Å². The Balaban J connectivity index is 1.69. The quantitative estimate of drug-likeness (QED) is 0.809. The van der Waals surface area contributed by atoms with Gasteiger partial charge in [0.1, 0.15) is 18.2 Å². The molecule has 2 aromatic rings. The molecule has 1 atom stereocenters. The number of piperidine rings is 1. The van der Waals surface area contributed by atoms with Crippen LogP contribution in [0.4, 0.5) is 19.0 Å². The summed E-state index contributed by atoms with van der Waals surface area (Å²) in [6, 6.07) is 3.52. The number of hydrogen-bond acceptors (Lipinski definition) is 5. The van der Waals surface area contributed by atoms with Crippen molar-refractivity contribution >= 4 is 11.7 Å². The highest BCUT2D eigenvalue weighted by Crippen LogP contribution is 2.24. The Kier molecular flexibility index (Phi) is 5.90. The van der Waals surface area contributed by atoms with Gasteiger partial charge in [0.15, 0.2) is 0 Å². The summed E-state index contributed by atoms with van der Waals surface area (Å²) >= 11 is 0. The third-order valence-corrected chi connectivity index (χ3v) is 5.00. The average Bonchev–Trinajstić information content (AvgIpc) is 2.69. The molecule has 10 heteroatoms. The number of carbonyl (C=O) groups is 1. The number of alkyl halides is 3. The Hall–Kier alpha value is -2.91. The number of H-pyrrole nitrogens is 1. The van der Waals surface area contributed by atoms with Gasteiger partial charge in [0.2, 0.25) is 5.91 Å². The van der Waals surface area contributed by atoms with Crippen molar-refractivity contribution in [2.24, 2.45) is 5.92 Å². The van der Waals surface area contributed by atoms with Gasteiger partial charge in [0.05, 0.1) is 5.92 Å². The first-order chi connectivity index (χ1) is 13.6. The zero-order valence-corrected chi connectivity index (χ0v) is 16.1. The van der Waals surface area contributed by atoms with Gasteiger partial charge in [0, 0.05) is 36.1 Å². The van der Waals surface area contributed by atoms with Crippen LogP contribution in [0, 0.1) is 19.8 Å². The molecule has 0 bridgehead atoms. The molecule has 1 fully saturated rings.